The number of rotatable bonds is 3. The molecule has 18 heavy (non-hydrogen) atoms. The highest BCUT2D eigenvalue weighted by atomic mass is 19.4. The molecule has 2 nitrogen and oxygen atoms in total. The fourth-order valence-electron chi connectivity index (χ4n) is 1.35. The molecule has 0 heterocycles. The molecule has 1 amide bonds. The molecule has 1 unspecified atom stereocenters. The van der Waals surface area contributed by atoms with Gasteiger partial charge in [-0.15, -0.1) is 12.3 Å². The minimum atomic E-state index is -4.40. The molecule has 0 aliphatic carbocycles. The first-order valence-corrected chi connectivity index (χ1v) is 5.26. The van der Waals surface area contributed by atoms with Gasteiger partial charge in [0.15, 0.2) is 0 Å². The standard InChI is InChI=1S/C13H12F3NO/c1-3-4-9(2)17-12(18)10-5-7-11(8-6-10)13(14,15)16/h1,5-9H,4H2,2H3,(H,17,18). The van der Waals surface area contributed by atoms with E-state index in [0.29, 0.717) is 6.42 Å². The van der Waals surface area contributed by atoms with Crippen molar-refractivity contribution < 1.29 is 18.0 Å². The SMILES string of the molecule is C#CCC(C)NC(=O)c1ccc(C(F)(F)F)cc1. The van der Waals surface area contributed by atoms with Crippen molar-refractivity contribution in [2.24, 2.45) is 0 Å². The molecule has 5 heteroatoms. The first-order valence-electron chi connectivity index (χ1n) is 5.26. The molecule has 96 valence electrons. The van der Waals surface area contributed by atoms with Crippen molar-refractivity contribution in [3.63, 3.8) is 0 Å². The number of hydrogen-bond donors (Lipinski definition) is 1. The van der Waals surface area contributed by atoms with E-state index < -0.39 is 17.6 Å². The van der Waals surface area contributed by atoms with Crippen molar-refractivity contribution in [3.05, 3.63) is 35.4 Å². The lowest BCUT2D eigenvalue weighted by atomic mass is 10.1. The largest absolute Gasteiger partial charge is 0.416 e. The van der Waals surface area contributed by atoms with Gasteiger partial charge >= 0.3 is 6.18 Å². The highest BCUT2D eigenvalue weighted by Crippen LogP contribution is 2.29. The van der Waals surface area contributed by atoms with E-state index in [1.807, 2.05) is 0 Å². The summed E-state index contributed by atoms with van der Waals surface area (Å²) in [6, 6.07) is 3.81. The third kappa shape index (κ3) is 3.81. The molecule has 0 saturated carbocycles. The van der Waals surface area contributed by atoms with Gasteiger partial charge < -0.3 is 5.32 Å². The first-order chi connectivity index (χ1) is 8.34. The summed E-state index contributed by atoms with van der Waals surface area (Å²) in [5.41, 5.74) is -0.609. The third-order valence-corrected chi connectivity index (χ3v) is 2.28. The van der Waals surface area contributed by atoms with Crippen LogP contribution in [0.25, 0.3) is 0 Å². The van der Waals surface area contributed by atoms with Gasteiger partial charge in [-0.1, -0.05) is 0 Å². The van der Waals surface area contributed by atoms with Crippen LogP contribution in [0.5, 0.6) is 0 Å². The lowest BCUT2D eigenvalue weighted by molar-refractivity contribution is -0.137. The van der Waals surface area contributed by atoms with Gasteiger partial charge in [0.1, 0.15) is 0 Å². The van der Waals surface area contributed by atoms with Crippen LogP contribution in [-0.4, -0.2) is 11.9 Å². The zero-order valence-electron chi connectivity index (χ0n) is 9.71. The second kappa shape index (κ2) is 5.58. The molecule has 0 aromatic heterocycles. The van der Waals surface area contributed by atoms with Crippen LogP contribution in [0.1, 0.15) is 29.3 Å². The summed E-state index contributed by atoms with van der Waals surface area (Å²) < 4.78 is 36.9. The number of alkyl halides is 3. The Morgan fingerprint density at radius 3 is 2.39 bits per heavy atom. The van der Waals surface area contributed by atoms with Gasteiger partial charge in [-0.2, -0.15) is 13.2 Å². The molecule has 0 spiro atoms. The number of halogens is 3. The molecule has 1 N–H and O–H groups in total. The van der Waals surface area contributed by atoms with Crippen LogP contribution in [-0.2, 0) is 6.18 Å². The molecular weight excluding hydrogens is 243 g/mol. The fourth-order valence-corrected chi connectivity index (χ4v) is 1.35. The van der Waals surface area contributed by atoms with E-state index in [1.165, 1.54) is 0 Å². The summed E-state index contributed by atoms with van der Waals surface area (Å²) in [5.74, 6) is 1.95. The van der Waals surface area contributed by atoms with Gasteiger partial charge in [-0.25, -0.2) is 0 Å². The van der Waals surface area contributed by atoms with Gasteiger partial charge in [0.05, 0.1) is 5.56 Å². The maximum Gasteiger partial charge on any atom is 0.416 e. The van der Waals surface area contributed by atoms with Crippen LogP contribution in [0.2, 0.25) is 0 Å². The van der Waals surface area contributed by atoms with E-state index in [4.69, 9.17) is 6.42 Å². The second-order valence-electron chi connectivity index (χ2n) is 3.86. The Balaban J connectivity index is 2.74. The van der Waals surface area contributed by atoms with Crippen molar-refractivity contribution in [3.8, 4) is 12.3 Å². The number of terminal acetylenes is 1. The predicted molar refractivity (Wildman–Crippen MR) is 61.8 cm³/mol. The Morgan fingerprint density at radius 2 is 1.94 bits per heavy atom. The van der Waals surface area contributed by atoms with E-state index in [-0.39, 0.29) is 11.6 Å². The van der Waals surface area contributed by atoms with E-state index in [1.54, 1.807) is 6.92 Å². The maximum absolute atomic E-state index is 12.3. The van der Waals surface area contributed by atoms with Crippen LogP contribution in [0.15, 0.2) is 24.3 Å². The summed E-state index contributed by atoms with van der Waals surface area (Å²) in [4.78, 5) is 11.6. The van der Waals surface area contributed by atoms with Crippen LogP contribution >= 0.6 is 0 Å². The molecule has 0 fully saturated rings. The van der Waals surface area contributed by atoms with Gasteiger partial charge in [0.2, 0.25) is 0 Å². The molecular formula is C13H12F3NO. The predicted octanol–water partition coefficient (Wildman–Crippen LogP) is 2.85. The van der Waals surface area contributed by atoms with Gasteiger partial charge in [0.25, 0.3) is 5.91 Å². The van der Waals surface area contributed by atoms with E-state index >= 15 is 0 Å². The number of benzene rings is 1. The summed E-state index contributed by atoms with van der Waals surface area (Å²) in [6.45, 7) is 1.72. The van der Waals surface area contributed by atoms with Gasteiger partial charge in [0, 0.05) is 18.0 Å². The summed E-state index contributed by atoms with van der Waals surface area (Å²) in [7, 11) is 0. The zero-order valence-corrected chi connectivity index (χ0v) is 9.71. The normalized spacial score (nSPS) is 12.6. The lowest BCUT2D eigenvalue weighted by Crippen LogP contribution is -2.32. The van der Waals surface area contributed by atoms with Gasteiger partial charge in [-0.05, 0) is 31.2 Å². The van der Waals surface area contributed by atoms with Crippen LogP contribution in [0, 0.1) is 12.3 Å². The van der Waals surface area contributed by atoms with E-state index in [0.717, 1.165) is 24.3 Å². The highest BCUT2D eigenvalue weighted by Gasteiger charge is 2.30. The average Bonchev–Trinajstić information content (AvgIpc) is 2.28. The Morgan fingerprint density at radius 1 is 1.39 bits per heavy atom. The smallest absolute Gasteiger partial charge is 0.349 e. The van der Waals surface area contributed by atoms with Crippen molar-refractivity contribution in [1.82, 2.24) is 5.32 Å². The Labute approximate surface area is 103 Å². The Kier molecular flexibility index (Phi) is 4.38. The minimum Gasteiger partial charge on any atom is -0.349 e. The van der Waals surface area contributed by atoms with E-state index in [9.17, 15) is 18.0 Å². The minimum absolute atomic E-state index is 0.173. The van der Waals surface area contributed by atoms with Crippen molar-refractivity contribution in [2.75, 3.05) is 0 Å². The summed E-state index contributed by atoms with van der Waals surface area (Å²) in [6.07, 6.45) is 1.06. The third-order valence-electron chi connectivity index (χ3n) is 2.28. The number of carbonyl (C=O) groups is 1. The van der Waals surface area contributed by atoms with Crippen LogP contribution < -0.4 is 5.32 Å². The Hall–Kier alpha value is -1.96. The lowest BCUT2D eigenvalue weighted by Gasteiger charge is -2.11. The zero-order chi connectivity index (χ0) is 13.8. The van der Waals surface area contributed by atoms with Crippen LogP contribution in [0.4, 0.5) is 13.2 Å². The molecule has 0 radical (unpaired) electrons. The average molecular weight is 255 g/mol. The Bertz CT molecular complexity index is 457. The topological polar surface area (TPSA) is 29.1 Å². The van der Waals surface area contributed by atoms with Crippen molar-refractivity contribution in [2.45, 2.75) is 25.6 Å². The molecule has 0 aliphatic rings. The quantitative estimate of drug-likeness (QED) is 0.827. The number of carbonyl (C=O) groups excluding carboxylic acids is 1. The molecule has 1 atom stereocenters. The maximum atomic E-state index is 12.3. The number of amides is 1. The molecule has 0 bridgehead atoms. The second-order valence-corrected chi connectivity index (χ2v) is 3.86. The van der Waals surface area contributed by atoms with Gasteiger partial charge in [-0.3, -0.25) is 4.79 Å². The molecule has 0 saturated heterocycles. The fraction of sp³-hybridized carbons (Fsp3) is 0.308. The highest BCUT2D eigenvalue weighted by molar-refractivity contribution is 5.94. The number of hydrogen-bond acceptors (Lipinski definition) is 1. The monoisotopic (exact) mass is 255 g/mol. The number of nitrogens with one attached hydrogen (secondary N) is 1. The van der Waals surface area contributed by atoms with Crippen molar-refractivity contribution in [1.29, 1.82) is 0 Å². The summed E-state index contributed by atoms with van der Waals surface area (Å²) in [5, 5.41) is 2.59. The molecule has 1 aromatic carbocycles. The van der Waals surface area contributed by atoms with Crippen LogP contribution in [0.3, 0.4) is 0 Å². The molecule has 1 aromatic rings. The molecule has 0 aliphatic heterocycles. The summed E-state index contributed by atoms with van der Waals surface area (Å²) >= 11 is 0. The van der Waals surface area contributed by atoms with Crippen molar-refractivity contribution >= 4 is 5.91 Å². The van der Waals surface area contributed by atoms with E-state index in [2.05, 4.69) is 11.2 Å². The molecule has 1 rings (SSSR count). The first kappa shape index (κ1) is 14.1.